The number of nitrogens with zero attached hydrogens (tertiary/aromatic N) is 1. The van der Waals surface area contributed by atoms with Gasteiger partial charge in [0.05, 0.1) is 25.6 Å². The molecule has 2 N–H and O–H groups in total. The predicted octanol–water partition coefficient (Wildman–Crippen LogP) is 1.49. The van der Waals surface area contributed by atoms with Crippen LogP contribution in [0.4, 0.5) is 4.79 Å². The zero-order valence-corrected chi connectivity index (χ0v) is 19.2. The van der Waals surface area contributed by atoms with Crippen molar-refractivity contribution in [1.82, 2.24) is 10.2 Å². The molecule has 2 amide bonds. The Hall–Kier alpha value is -3.63. The summed E-state index contributed by atoms with van der Waals surface area (Å²) in [6.07, 6.45) is -0.486. The van der Waals surface area contributed by atoms with Crippen molar-refractivity contribution >= 4 is 29.9 Å². The lowest BCUT2D eigenvalue weighted by molar-refractivity contribution is -0.160. The molecule has 0 aliphatic carbocycles. The average molecular weight is 478 g/mol. The fraction of sp³-hybridized carbons (Fsp3) is 0.522. The lowest BCUT2D eigenvalue weighted by Crippen LogP contribution is -2.55. The van der Waals surface area contributed by atoms with Gasteiger partial charge in [0, 0.05) is 6.54 Å². The van der Waals surface area contributed by atoms with Crippen LogP contribution in [0, 0.1) is 5.92 Å². The molecule has 1 heterocycles. The van der Waals surface area contributed by atoms with Crippen molar-refractivity contribution in [3.8, 4) is 0 Å². The Morgan fingerprint density at radius 1 is 1.06 bits per heavy atom. The van der Waals surface area contributed by atoms with E-state index in [9.17, 15) is 29.1 Å². The third-order valence-electron chi connectivity index (χ3n) is 5.24. The quantitative estimate of drug-likeness (QED) is 0.356. The predicted molar refractivity (Wildman–Crippen MR) is 117 cm³/mol. The number of carbonyl (C=O) groups excluding carboxylic acids is 4. The first-order valence-electron chi connectivity index (χ1n) is 11.1. The van der Waals surface area contributed by atoms with E-state index in [1.165, 1.54) is 11.8 Å². The van der Waals surface area contributed by atoms with Crippen molar-refractivity contribution in [1.29, 1.82) is 0 Å². The highest BCUT2D eigenvalue weighted by molar-refractivity contribution is 5.93. The number of esters is 2. The van der Waals surface area contributed by atoms with Crippen molar-refractivity contribution in [3.63, 3.8) is 0 Å². The summed E-state index contributed by atoms with van der Waals surface area (Å²) in [4.78, 5) is 63.0. The van der Waals surface area contributed by atoms with Gasteiger partial charge in [0.2, 0.25) is 5.91 Å². The van der Waals surface area contributed by atoms with Crippen LogP contribution in [0.2, 0.25) is 0 Å². The van der Waals surface area contributed by atoms with Crippen LogP contribution in [0.5, 0.6) is 0 Å². The molecule has 0 bridgehead atoms. The molecular formula is C23H30N2O9. The van der Waals surface area contributed by atoms with E-state index < -0.39 is 54.3 Å². The number of carbonyl (C=O) groups is 5. The molecule has 186 valence electrons. The number of hydrogen-bond acceptors (Lipinski definition) is 8. The van der Waals surface area contributed by atoms with Gasteiger partial charge in [0.1, 0.15) is 18.7 Å². The van der Waals surface area contributed by atoms with E-state index in [2.05, 4.69) is 5.32 Å². The monoisotopic (exact) mass is 478 g/mol. The minimum absolute atomic E-state index is 0.0206. The number of carboxylic acid groups (broad SMARTS) is 1. The zero-order valence-electron chi connectivity index (χ0n) is 19.2. The van der Waals surface area contributed by atoms with Crippen LogP contribution < -0.4 is 5.32 Å². The van der Waals surface area contributed by atoms with Crippen molar-refractivity contribution in [3.05, 3.63) is 35.9 Å². The second-order valence-corrected chi connectivity index (χ2v) is 7.58. The number of ether oxygens (including phenoxy) is 3. The van der Waals surface area contributed by atoms with E-state index >= 15 is 0 Å². The summed E-state index contributed by atoms with van der Waals surface area (Å²) in [7, 11) is 0. The van der Waals surface area contributed by atoms with Crippen molar-refractivity contribution in [2.24, 2.45) is 5.92 Å². The molecule has 0 unspecified atom stereocenters. The van der Waals surface area contributed by atoms with Crippen LogP contribution in [0.15, 0.2) is 30.3 Å². The largest absolute Gasteiger partial charge is 0.480 e. The third-order valence-corrected chi connectivity index (χ3v) is 5.24. The number of benzene rings is 1. The molecule has 1 fully saturated rings. The number of rotatable bonds is 11. The molecule has 11 heteroatoms. The molecule has 0 spiro atoms. The molecule has 2 rings (SSSR count). The Balaban J connectivity index is 2.10. The maximum Gasteiger partial charge on any atom is 0.410 e. The van der Waals surface area contributed by atoms with E-state index in [-0.39, 0.29) is 26.4 Å². The van der Waals surface area contributed by atoms with Crippen molar-refractivity contribution in [2.75, 3.05) is 19.8 Å². The van der Waals surface area contributed by atoms with Crippen LogP contribution >= 0.6 is 0 Å². The topological polar surface area (TPSA) is 149 Å². The van der Waals surface area contributed by atoms with Crippen LogP contribution in [0.1, 0.15) is 38.7 Å². The SMILES string of the molecule is CCOC(=O)C[C@H](C(=O)OCC)[C@@H](NC(=O)[C@H]1CCCN1C(=O)OCc1ccccc1)C(=O)O. The number of carboxylic acids is 1. The molecule has 1 aliphatic rings. The summed E-state index contributed by atoms with van der Waals surface area (Å²) >= 11 is 0. The first kappa shape index (κ1) is 26.6. The van der Waals surface area contributed by atoms with Crippen LogP contribution in [-0.2, 0) is 40.0 Å². The van der Waals surface area contributed by atoms with Gasteiger partial charge < -0.3 is 24.6 Å². The lowest BCUT2D eigenvalue weighted by atomic mass is 9.95. The first-order valence-corrected chi connectivity index (χ1v) is 11.1. The van der Waals surface area contributed by atoms with Gasteiger partial charge in [0.25, 0.3) is 0 Å². The molecule has 0 radical (unpaired) electrons. The fourth-order valence-electron chi connectivity index (χ4n) is 3.63. The smallest absolute Gasteiger partial charge is 0.410 e. The van der Waals surface area contributed by atoms with E-state index in [0.29, 0.717) is 12.8 Å². The van der Waals surface area contributed by atoms with Gasteiger partial charge in [-0.3, -0.25) is 19.3 Å². The van der Waals surface area contributed by atoms with Gasteiger partial charge in [-0.15, -0.1) is 0 Å². The zero-order chi connectivity index (χ0) is 25.1. The van der Waals surface area contributed by atoms with E-state index in [1.807, 2.05) is 6.07 Å². The molecule has 1 saturated heterocycles. The first-order chi connectivity index (χ1) is 16.3. The molecule has 34 heavy (non-hydrogen) atoms. The second kappa shape index (κ2) is 13.2. The molecule has 0 aromatic heterocycles. The summed E-state index contributed by atoms with van der Waals surface area (Å²) in [5, 5.41) is 12.0. The minimum Gasteiger partial charge on any atom is -0.480 e. The Morgan fingerprint density at radius 2 is 1.74 bits per heavy atom. The Bertz CT molecular complexity index is 874. The molecule has 3 atom stereocenters. The molecule has 1 aromatic carbocycles. The van der Waals surface area contributed by atoms with E-state index in [0.717, 1.165) is 5.56 Å². The molecular weight excluding hydrogens is 448 g/mol. The number of aliphatic carboxylic acids is 1. The van der Waals surface area contributed by atoms with E-state index in [1.54, 1.807) is 31.2 Å². The summed E-state index contributed by atoms with van der Waals surface area (Å²) in [6.45, 7) is 3.38. The summed E-state index contributed by atoms with van der Waals surface area (Å²) in [6, 6.07) is 6.29. The van der Waals surface area contributed by atoms with Crippen LogP contribution in [-0.4, -0.2) is 71.8 Å². The Labute approximate surface area is 197 Å². The Morgan fingerprint density at radius 3 is 2.35 bits per heavy atom. The van der Waals surface area contributed by atoms with Gasteiger partial charge in [0.15, 0.2) is 0 Å². The van der Waals surface area contributed by atoms with Gasteiger partial charge in [-0.25, -0.2) is 9.59 Å². The van der Waals surface area contributed by atoms with Gasteiger partial charge >= 0.3 is 24.0 Å². The highest BCUT2D eigenvalue weighted by atomic mass is 16.6. The molecule has 0 saturated carbocycles. The van der Waals surface area contributed by atoms with Crippen LogP contribution in [0.3, 0.4) is 0 Å². The Kier molecular flexibility index (Phi) is 10.3. The number of amides is 2. The number of hydrogen-bond donors (Lipinski definition) is 2. The highest BCUT2D eigenvalue weighted by Crippen LogP contribution is 2.21. The fourth-order valence-corrected chi connectivity index (χ4v) is 3.63. The molecule has 1 aromatic rings. The van der Waals surface area contributed by atoms with Crippen molar-refractivity contribution in [2.45, 2.75) is 51.8 Å². The van der Waals surface area contributed by atoms with Crippen molar-refractivity contribution < 1.29 is 43.3 Å². The lowest BCUT2D eigenvalue weighted by Gasteiger charge is -2.27. The summed E-state index contributed by atoms with van der Waals surface area (Å²) < 4.78 is 15.0. The van der Waals surface area contributed by atoms with Gasteiger partial charge in [-0.1, -0.05) is 30.3 Å². The van der Waals surface area contributed by atoms with Crippen LogP contribution in [0.25, 0.3) is 0 Å². The summed E-state index contributed by atoms with van der Waals surface area (Å²) in [5.74, 6) is -5.53. The van der Waals surface area contributed by atoms with Gasteiger partial charge in [-0.05, 0) is 32.3 Å². The average Bonchev–Trinajstić information content (AvgIpc) is 3.30. The number of nitrogens with one attached hydrogen (secondary N) is 1. The maximum atomic E-state index is 13.0. The second-order valence-electron chi connectivity index (χ2n) is 7.58. The molecule has 1 aliphatic heterocycles. The summed E-state index contributed by atoms with van der Waals surface area (Å²) in [5.41, 5.74) is 0.776. The van der Waals surface area contributed by atoms with E-state index in [4.69, 9.17) is 14.2 Å². The standard InChI is InChI=1S/C23H30N2O9/c1-3-32-18(26)13-16(22(30)33-4-2)19(21(28)29)24-20(27)17-11-8-12-25(17)23(31)34-14-15-9-6-5-7-10-15/h5-7,9-10,16-17,19H,3-4,8,11-14H2,1-2H3,(H,24,27)(H,28,29)/t16-,17+,19+/m0/s1. The van der Waals surface area contributed by atoms with Gasteiger partial charge in [-0.2, -0.15) is 0 Å². The third kappa shape index (κ3) is 7.46. The number of likely N-dealkylation sites (tertiary alicyclic amines) is 1. The highest BCUT2D eigenvalue weighted by Gasteiger charge is 2.42. The normalized spacial score (nSPS) is 16.8. The maximum absolute atomic E-state index is 13.0. The minimum atomic E-state index is -1.75. The molecule has 11 nitrogen and oxygen atoms in total.